The second-order valence-corrected chi connectivity index (χ2v) is 4.68. The molecule has 0 atom stereocenters. The number of hydrogen-bond donors (Lipinski definition) is 2. The lowest BCUT2D eigenvalue weighted by Gasteiger charge is -2.08. The zero-order valence-corrected chi connectivity index (χ0v) is 12.5. The van der Waals surface area contributed by atoms with E-state index in [0.29, 0.717) is 10.7 Å². The summed E-state index contributed by atoms with van der Waals surface area (Å²) in [5.74, 6) is -1.57. The fourth-order valence-corrected chi connectivity index (χ4v) is 1.67. The number of hydrazone groups is 1. The van der Waals surface area contributed by atoms with E-state index < -0.39 is 11.8 Å². The quantitative estimate of drug-likeness (QED) is 0.509. The number of anilines is 1. The minimum absolute atomic E-state index is 0.489. The van der Waals surface area contributed by atoms with Gasteiger partial charge >= 0.3 is 11.8 Å². The Morgan fingerprint density at radius 1 is 1.20 bits per heavy atom. The molecule has 5 nitrogen and oxygen atoms in total. The van der Waals surface area contributed by atoms with Crippen LogP contribution < -0.4 is 10.7 Å². The second kappa shape index (κ2) is 7.65. The molecule has 2 N–H and O–H groups in total. The molecule has 0 aliphatic heterocycles. The highest BCUT2D eigenvalue weighted by Crippen LogP contribution is 2.19. The third-order valence-electron chi connectivity index (χ3n) is 2.79. The van der Waals surface area contributed by atoms with E-state index in [2.05, 4.69) is 15.8 Å². The Morgan fingerprint density at radius 3 is 2.45 bits per heavy atom. The normalized spacial score (nSPS) is 9.80. The van der Waals surface area contributed by atoms with Gasteiger partial charge in [0.25, 0.3) is 0 Å². The van der Waals surface area contributed by atoms with E-state index >= 15 is 0 Å². The summed E-state index contributed by atoms with van der Waals surface area (Å²) in [4.78, 5) is 23.3. The Morgan fingerprint density at radius 2 is 1.85 bits per heavy atom. The number of amides is 2. The van der Waals surface area contributed by atoms with Crippen LogP contribution in [0.25, 0.3) is 0 Å². The summed E-state index contributed by atoms with van der Waals surface area (Å²) in [6, 6.07) is 5.07. The van der Waals surface area contributed by atoms with E-state index in [1.165, 1.54) is 0 Å². The van der Waals surface area contributed by atoms with Crippen molar-refractivity contribution in [2.24, 2.45) is 5.10 Å². The molecule has 1 aromatic carbocycles. The van der Waals surface area contributed by atoms with Crippen LogP contribution in [0.4, 0.5) is 5.69 Å². The Balaban J connectivity index is 2.69. The summed E-state index contributed by atoms with van der Waals surface area (Å²) in [5.41, 5.74) is 4.40. The fraction of sp³-hybridized carbons (Fsp3) is 0.357. The van der Waals surface area contributed by atoms with Crippen LogP contribution >= 0.6 is 11.6 Å². The van der Waals surface area contributed by atoms with Crippen molar-refractivity contribution in [1.29, 1.82) is 0 Å². The molecule has 0 fully saturated rings. The fourth-order valence-electron chi connectivity index (χ4n) is 1.50. The Hall–Kier alpha value is -1.88. The molecular weight excluding hydrogens is 278 g/mol. The van der Waals surface area contributed by atoms with Crippen LogP contribution in [0, 0.1) is 6.92 Å². The molecule has 0 spiro atoms. The van der Waals surface area contributed by atoms with Crippen molar-refractivity contribution < 1.29 is 9.59 Å². The largest absolute Gasteiger partial charge is 0.329 e. The van der Waals surface area contributed by atoms with Gasteiger partial charge in [-0.05, 0) is 37.5 Å². The van der Waals surface area contributed by atoms with Crippen molar-refractivity contribution in [1.82, 2.24) is 5.43 Å². The number of hydrogen-bond acceptors (Lipinski definition) is 3. The molecule has 6 heteroatoms. The maximum Gasteiger partial charge on any atom is 0.329 e. The first-order valence-electron chi connectivity index (χ1n) is 6.40. The van der Waals surface area contributed by atoms with Gasteiger partial charge in [0.1, 0.15) is 0 Å². The minimum atomic E-state index is -0.802. The van der Waals surface area contributed by atoms with Crippen molar-refractivity contribution in [2.45, 2.75) is 33.6 Å². The summed E-state index contributed by atoms with van der Waals surface area (Å²) >= 11 is 5.85. The van der Waals surface area contributed by atoms with E-state index in [9.17, 15) is 9.59 Å². The Labute approximate surface area is 123 Å². The predicted octanol–water partition coefficient (Wildman–Crippen LogP) is 2.88. The van der Waals surface area contributed by atoms with E-state index in [0.717, 1.165) is 24.1 Å². The van der Waals surface area contributed by atoms with E-state index in [-0.39, 0.29) is 0 Å². The van der Waals surface area contributed by atoms with Gasteiger partial charge in [0.05, 0.1) is 0 Å². The smallest absolute Gasteiger partial charge is 0.317 e. The molecule has 0 bridgehead atoms. The SMILES string of the molecule is CCC(CC)=NNC(=O)C(=O)Nc1cc(Cl)ccc1C. The first-order valence-corrected chi connectivity index (χ1v) is 6.78. The van der Waals surface area contributed by atoms with Crippen molar-refractivity contribution in [2.75, 3.05) is 5.32 Å². The van der Waals surface area contributed by atoms with Gasteiger partial charge in [-0.2, -0.15) is 5.10 Å². The van der Waals surface area contributed by atoms with Gasteiger partial charge in [-0.3, -0.25) is 9.59 Å². The summed E-state index contributed by atoms with van der Waals surface area (Å²) in [5, 5.41) is 6.89. The van der Waals surface area contributed by atoms with E-state index in [1.807, 2.05) is 20.8 Å². The maximum absolute atomic E-state index is 11.7. The van der Waals surface area contributed by atoms with Crippen LogP contribution in [0.1, 0.15) is 32.3 Å². The molecule has 108 valence electrons. The molecule has 1 rings (SSSR count). The first kappa shape index (κ1) is 16.2. The van der Waals surface area contributed by atoms with Gasteiger partial charge in [-0.1, -0.05) is 31.5 Å². The molecule has 0 aromatic heterocycles. The lowest BCUT2D eigenvalue weighted by Crippen LogP contribution is -2.33. The van der Waals surface area contributed by atoms with Crippen LogP contribution in [0.3, 0.4) is 0 Å². The third kappa shape index (κ3) is 4.66. The molecule has 0 aliphatic rings. The molecule has 0 saturated carbocycles. The van der Waals surface area contributed by atoms with Crippen molar-refractivity contribution >= 4 is 34.8 Å². The van der Waals surface area contributed by atoms with Gasteiger partial charge < -0.3 is 5.32 Å². The minimum Gasteiger partial charge on any atom is -0.317 e. The highest BCUT2D eigenvalue weighted by atomic mass is 35.5. The molecule has 0 radical (unpaired) electrons. The highest BCUT2D eigenvalue weighted by molar-refractivity contribution is 6.40. The molecule has 0 unspecified atom stereocenters. The lowest BCUT2D eigenvalue weighted by molar-refractivity contribution is -0.136. The van der Waals surface area contributed by atoms with Crippen molar-refractivity contribution in [3.05, 3.63) is 28.8 Å². The molecule has 0 aliphatic carbocycles. The van der Waals surface area contributed by atoms with Crippen LogP contribution in [0.2, 0.25) is 5.02 Å². The van der Waals surface area contributed by atoms with Crippen LogP contribution in [0.15, 0.2) is 23.3 Å². The molecule has 0 saturated heterocycles. The number of benzene rings is 1. The number of carbonyl (C=O) groups excluding carboxylic acids is 2. The number of carbonyl (C=O) groups is 2. The topological polar surface area (TPSA) is 70.6 Å². The van der Waals surface area contributed by atoms with E-state index in [4.69, 9.17) is 11.6 Å². The Bertz CT molecular complexity index is 535. The van der Waals surface area contributed by atoms with Crippen LogP contribution in [0.5, 0.6) is 0 Å². The van der Waals surface area contributed by atoms with Crippen molar-refractivity contribution in [3.63, 3.8) is 0 Å². The zero-order chi connectivity index (χ0) is 15.1. The van der Waals surface area contributed by atoms with E-state index in [1.54, 1.807) is 18.2 Å². The molecule has 1 aromatic rings. The number of aryl methyl sites for hydroxylation is 1. The summed E-state index contributed by atoms with van der Waals surface area (Å²) < 4.78 is 0. The Kier molecular flexibility index (Phi) is 6.18. The number of halogens is 1. The van der Waals surface area contributed by atoms with Gasteiger partial charge in [-0.15, -0.1) is 0 Å². The molecule has 0 heterocycles. The van der Waals surface area contributed by atoms with Crippen LogP contribution in [-0.2, 0) is 9.59 Å². The zero-order valence-electron chi connectivity index (χ0n) is 11.8. The molecule has 2 amide bonds. The summed E-state index contributed by atoms with van der Waals surface area (Å²) in [6.07, 6.45) is 1.46. The van der Waals surface area contributed by atoms with Gasteiger partial charge in [0.15, 0.2) is 0 Å². The number of nitrogens with one attached hydrogen (secondary N) is 2. The first-order chi connectivity index (χ1) is 9.47. The van der Waals surface area contributed by atoms with Crippen LogP contribution in [-0.4, -0.2) is 17.5 Å². The second-order valence-electron chi connectivity index (χ2n) is 4.24. The van der Waals surface area contributed by atoms with Gasteiger partial charge in [0, 0.05) is 16.4 Å². The predicted molar refractivity (Wildman–Crippen MR) is 81.0 cm³/mol. The maximum atomic E-state index is 11.7. The van der Waals surface area contributed by atoms with Crippen molar-refractivity contribution in [3.8, 4) is 0 Å². The standard InChI is InChI=1S/C14H18ClN3O2/c1-4-11(5-2)17-18-14(20)13(19)16-12-8-10(15)7-6-9(12)3/h6-8H,4-5H2,1-3H3,(H,16,19)(H,18,20). The van der Waals surface area contributed by atoms with Gasteiger partial charge in [-0.25, -0.2) is 5.43 Å². The highest BCUT2D eigenvalue weighted by Gasteiger charge is 2.14. The average molecular weight is 296 g/mol. The summed E-state index contributed by atoms with van der Waals surface area (Å²) in [7, 11) is 0. The lowest BCUT2D eigenvalue weighted by atomic mass is 10.2. The van der Waals surface area contributed by atoms with Gasteiger partial charge in [0.2, 0.25) is 0 Å². The summed E-state index contributed by atoms with van der Waals surface area (Å²) in [6.45, 7) is 5.68. The average Bonchev–Trinajstić information content (AvgIpc) is 2.43. The monoisotopic (exact) mass is 295 g/mol. The number of rotatable bonds is 4. The molecule has 20 heavy (non-hydrogen) atoms. The molecular formula is C14H18ClN3O2. The third-order valence-corrected chi connectivity index (χ3v) is 3.02. The number of nitrogens with zero attached hydrogens (tertiary/aromatic N) is 1.